The van der Waals surface area contributed by atoms with Crippen molar-refractivity contribution in [2.45, 2.75) is 19.1 Å². The van der Waals surface area contributed by atoms with Gasteiger partial charge in [-0.25, -0.2) is 4.39 Å². The van der Waals surface area contributed by atoms with E-state index in [-0.39, 0.29) is 11.9 Å². The molecule has 0 radical (unpaired) electrons. The molecule has 2 nitrogen and oxygen atoms in total. The van der Waals surface area contributed by atoms with Crippen molar-refractivity contribution in [3.8, 4) is 0 Å². The van der Waals surface area contributed by atoms with E-state index in [0.29, 0.717) is 12.6 Å². The zero-order chi connectivity index (χ0) is 14.7. The molecule has 0 unspecified atom stereocenters. The van der Waals surface area contributed by atoms with Crippen LogP contribution in [0.1, 0.15) is 30.2 Å². The molecule has 3 heteroatoms. The fourth-order valence-corrected chi connectivity index (χ4v) is 2.84. The molecule has 0 spiro atoms. The summed E-state index contributed by atoms with van der Waals surface area (Å²) in [7, 11) is 0. The molecule has 0 amide bonds. The highest BCUT2D eigenvalue weighted by molar-refractivity contribution is 5.21. The molecule has 2 aromatic carbocycles. The van der Waals surface area contributed by atoms with Gasteiger partial charge >= 0.3 is 0 Å². The second kappa shape index (κ2) is 6.37. The standard InChI is InChI=1S/C18H20FNO/c1-14(15-5-3-2-4-6-15)20-11-12-21-18(13-20)16-7-9-17(19)10-8-16/h2-10,14,18H,11-13H2,1H3/t14-,18+/m0/s1. The lowest BCUT2D eigenvalue weighted by Gasteiger charge is -2.37. The summed E-state index contributed by atoms with van der Waals surface area (Å²) in [5.41, 5.74) is 2.36. The van der Waals surface area contributed by atoms with Crippen LogP contribution in [0, 0.1) is 5.82 Å². The number of hydrogen-bond acceptors (Lipinski definition) is 2. The Bertz CT molecular complexity index is 570. The van der Waals surface area contributed by atoms with Crippen LogP contribution in [0.2, 0.25) is 0 Å². The Hall–Kier alpha value is -1.71. The van der Waals surface area contributed by atoms with E-state index in [1.54, 1.807) is 0 Å². The van der Waals surface area contributed by atoms with Gasteiger partial charge in [0.05, 0.1) is 12.7 Å². The summed E-state index contributed by atoms with van der Waals surface area (Å²) in [4.78, 5) is 2.42. The van der Waals surface area contributed by atoms with Gasteiger partial charge in [-0.1, -0.05) is 42.5 Å². The summed E-state index contributed by atoms with van der Waals surface area (Å²) < 4.78 is 18.9. The molecule has 2 atom stereocenters. The van der Waals surface area contributed by atoms with Gasteiger partial charge in [0.2, 0.25) is 0 Å². The summed E-state index contributed by atoms with van der Waals surface area (Å²) in [6.07, 6.45) is 0.0190. The maximum absolute atomic E-state index is 13.0. The molecule has 0 bridgehead atoms. The zero-order valence-corrected chi connectivity index (χ0v) is 12.2. The zero-order valence-electron chi connectivity index (χ0n) is 12.2. The van der Waals surface area contributed by atoms with E-state index in [9.17, 15) is 4.39 Å². The maximum Gasteiger partial charge on any atom is 0.123 e. The number of nitrogens with zero attached hydrogens (tertiary/aromatic N) is 1. The first-order valence-corrected chi connectivity index (χ1v) is 7.40. The van der Waals surface area contributed by atoms with Crippen LogP contribution in [0.25, 0.3) is 0 Å². The molecular formula is C18H20FNO. The van der Waals surface area contributed by atoms with Crippen molar-refractivity contribution in [3.63, 3.8) is 0 Å². The lowest BCUT2D eigenvalue weighted by molar-refractivity contribution is -0.0431. The van der Waals surface area contributed by atoms with Gasteiger partial charge in [-0.3, -0.25) is 4.90 Å². The summed E-state index contributed by atoms with van der Waals surface area (Å²) in [5, 5.41) is 0. The van der Waals surface area contributed by atoms with Crippen molar-refractivity contribution in [1.82, 2.24) is 4.90 Å². The smallest absolute Gasteiger partial charge is 0.123 e. The van der Waals surface area contributed by atoms with Crippen LogP contribution in [0.3, 0.4) is 0 Å². The third-order valence-electron chi connectivity index (χ3n) is 4.17. The highest BCUT2D eigenvalue weighted by Gasteiger charge is 2.25. The molecule has 0 saturated carbocycles. The molecule has 110 valence electrons. The van der Waals surface area contributed by atoms with E-state index in [2.05, 4.69) is 36.1 Å². The van der Waals surface area contributed by atoms with Gasteiger partial charge in [0.15, 0.2) is 0 Å². The van der Waals surface area contributed by atoms with E-state index in [4.69, 9.17) is 4.74 Å². The topological polar surface area (TPSA) is 12.5 Å². The third-order valence-corrected chi connectivity index (χ3v) is 4.17. The number of halogens is 1. The molecule has 0 aromatic heterocycles. The van der Waals surface area contributed by atoms with Gasteiger partial charge in [0, 0.05) is 19.1 Å². The van der Waals surface area contributed by atoms with Crippen LogP contribution in [-0.4, -0.2) is 24.6 Å². The first-order valence-electron chi connectivity index (χ1n) is 7.40. The van der Waals surface area contributed by atoms with Gasteiger partial charge in [0.25, 0.3) is 0 Å². The summed E-state index contributed by atoms with van der Waals surface area (Å²) in [6, 6.07) is 17.5. The van der Waals surface area contributed by atoms with Gasteiger partial charge < -0.3 is 4.74 Å². The normalized spacial score (nSPS) is 21.1. The first-order chi connectivity index (χ1) is 10.2. The van der Waals surface area contributed by atoms with Crippen LogP contribution in [0.15, 0.2) is 54.6 Å². The van der Waals surface area contributed by atoms with Crippen molar-refractivity contribution in [1.29, 1.82) is 0 Å². The SMILES string of the molecule is C[C@@H](c1ccccc1)N1CCO[C@@H](c2ccc(F)cc2)C1. The van der Waals surface area contributed by atoms with Crippen molar-refractivity contribution in [3.05, 3.63) is 71.5 Å². The van der Waals surface area contributed by atoms with Crippen molar-refractivity contribution >= 4 is 0 Å². The maximum atomic E-state index is 13.0. The quantitative estimate of drug-likeness (QED) is 0.846. The molecule has 0 N–H and O–H groups in total. The van der Waals surface area contributed by atoms with Crippen molar-refractivity contribution in [2.24, 2.45) is 0 Å². The Kier molecular flexibility index (Phi) is 4.32. The fraction of sp³-hybridized carbons (Fsp3) is 0.333. The molecule has 21 heavy (non-hydrogen) atoms. The highest BCUT2D eigenvalue weighted by atomic mass is 19.1. The molecule has 2 aromatic rings. The lowest BCUT2D eigenvalue weighted by Crippen LogP contribution is -2.39. The number of rotatable bonds is 3. The fourth-order valence-electron chi connectivity index (χ4n) is 2.84. The second-order valence-electron chi connectivity index (χ2n) is 5.49. The molecule has 1 saturated heterocycles. The number of morpholine rings is 1. The van der Waals surface area contributed by atoms with E-state index >= 15 is 0 Å². The Morgan fingerprint density at radius 2 is 1.81 bits per heavy atom. The lowest BCUT2D eigenvalue weighted by atomic mass is 10.0. The average Bonchev–Trinajstić information content (AvgIpc) is 2.56. The molecule has 3 rings (SSSR count). The molecule has 1 aliphatic heterocycles. The van der Waals surface area contributed by atoms with Crippen LogP contribution in [-0.2, 0) is 4.74 Å². The summed E-state index contributed by atoms with van der Waals surface area (Å²) >= 11 is 0. The van der Waals surface area contributed by atoms with Crippen molar-refractivity contribution < 1.29 is 9.13 Å². The van der Waals surface area contributed by atoms with Gasteiger partial charge in [-0.05, 0) is 30.2 Å². The summed E-state index contributed by atoms with van der Waals surface area (Å²) in [6.45, 7) is 4.69. The van der Waals surface area contributed by atoms with Crippen LogP contribution < -0.4 is 0 Å². The number of hydrogen-bond donors (Lipinski definition) is 0. The molecule has 1 aliphatic rings. The minimum absolute atomic E-state index is 0.0190. The summed E-state index contributed by atoms with van der Waals surface area (Å²) in [5.74, 6) is -0.205. The van der Waals surface area contributed by atoms with Crippen molar-refractivity contribution in [2.75, 3.05) is 19.7 Å². The number of ether oxygens (including phenoxy) is 1. The Labute approximate surface area is 125 Å². The molecule has 0 aliphatic carbocycles. The first kappa shape index (κ1) is 14.2. The number of benzene rings is 2. The van der Waals surface area contributed by atoms with Crippen LogP contribution in [0.5, 0.6) is 0 Å². The molecular weight excluding hydrogens is 265 g/mol. The predicted molar refractivity (Wildman–Crippen MR) is 81.5 cm³/mol. The Morgan fingerprint density at radius 1 is 1.10 bits per heavy atom. The van der Waals surface area contributed by atoms with E-state index in [1.807, 2.05) is 18.2 Å². The second-order valence-corrected chi connectivity index (χ2v) is 5.49. The predicted octanol–water partition coefficient (Wildman–Crippen LogP) is 3.96. The minimum atomic E-state index is -0.205. The largest absolute Gasteiger partial charge is 0.371 e. The van der Waals surface area contributed by atoms with Crippen LogP contribution >= 0.6 is 0 Å². The third kappa shape index (κ3) is 3.31. The van der Waals surface area contributed by atoms with Gasteiger partial charge in [-0.2, -0.15) is 0 Å². The van der Waals surface area contributed by atoms with Gasteiger partial charge in [-0.15, -0.1) is 0 Å². The van der Waals surface area contributed by atoms with Gasteiger partial charge in [0.1, 0.15) is 5.82 Å². The minimum Gasteiger partial charge on any atom is -0.371 e. The highest BCUT2D eigenvalue weighted by Crippen LogP contribution is 2.28. The Morgan fingerprint density at radius 3 is 2.52 bits per heavy atom. The molecule has 1 fully saturated rings. The van der Waals surface area contributed by atoms with Crippen LogP contribution in [0.4, 0.5) is 4.39 Å². The van der Waals surface area contributed by atoms with E-state index in [1.165, 1.54) is 17.7 Å². The monoisotopic (exact) mass is 285 g/mol. The molecule has 1 heterocycles. The van der Waals surface area contributed by atoms with E-state index in [0.717, 1.165) is 18.7 Å². The Balaban J connectivity index is 1.72. The van der Waals surface area contributed by atoms with E-state index < -0.39 is 0 Å². The average molecular weight is 285 g/mol.